The third kappa shape index (κ3) is 6.31. The Hall–Kier alpha value is -6.51. The molecule has 8 aromatic rings. The minimum absolute atomic E-state index is 0.645. The molecule has 2 heterocycles. The average Bonchev–Trinajstić information content (AvgIpc) is 3.37. The molecule has 0 saturated carbocycles. The number of hydrogen-bond acceptors (Lipinski definition) is 1. The highest BCUT2D eigenvalue weighted by atomic mass is 15.0. The highest BCUT2D eigenvalue weighted by molar-refractivity contribution is 6.09. The maximum Gasteiger partial charge on any atom is 0.0715 e. The van der Waals surface area contributed by atoms with Gasteiger partial charge in [0.25, 0.3) is 0 Å². The van der Waals surface area contributed by atoms with Crippen LogP contribution in [-0.2, 0) is 0 Å². The summed E-state index contributed by atoms with van der Waals surface area (Å²) in [6.07, 6.45) is 11.4. The first-order valence-electron chi connectivity index (χ1n) is 19.0. The van der Waals surface area contributed by atoms with Crippen molar-refractivity contribution in [2.45, 2.75) is 32.6 Å². The summed E-state index contributed by atoms with van der Waals surface area (Å²) in [5.41, 5.74) is 17.2. The SMILES string of the molecule is CC1CC2=C(C=CCC=C2)c2ccccc21.Cc1ccc(-n2c3ccccc3c3ccccc32)c(-c2cc(-c3ccccc3)nc(-c3ccccc3)c2)c1. The highest BCUT2D eigenvalue weighted by Gasteiger charge is 2.21. The lowest BCUT2D eigenvalue weighted by atomic mass is 9.79. The zero-order chi connectivity index (χ0) is 36.4. The number of benzene rings is 6. The summed E-state index contributed by atoms with van der Waals surface area (Å²) >= 11 is 0. The van der Waals surface area contributed by atoms with E-state index in [1.807, 2.05) is 12.1 Å². The standard InChI is InChI=1S/C36H26N2.C16H16/c1-25-20-21-36(38-34-18-10-8-16-29(34)30-17-9-11-19-35(30)38)31(22-25)28-23-32(26-12-4-2-5-13-26)37-33(24-28)27-14-6-3-7-15-27;1-12-11-13-7-3-2-4-9-15(13)16-10-6-5-8-14(12)16/h2-24H,1H3;3-10,12H,2,11H2,1H3. The van der Waals surface area contributed by atoms with E-state index in [1.165, 1.54) is 61.6 Å². The van der Waals surface area contributed by atoms with E-state index in [1.54, 1.807) is 0 Å². The number of hydrogen-bond donors (Lipinski definition) is 0. The highest BCUT2D eigenvalue weighted by Crippen LogP contribution is 2.41. The second kappa shape index (κ2) is 14.5. The van der Waals surface area contributed by atoms with Crippen LogP contribution < -0.4 is 0 Å². The Balaban J connectivity index is 0.000000200. The molecule has 54 heavy (non-hydrogen) atoms. The van der Waals surface area contributed by atoms with Crippen LogP contribution in [0.3, 0.4) is 0 Å². The molecule has 10 rings (SSSR count). The molecule has 0 amide bonds. The van der Waals surface area contributed by atoms with Crippen LogP contribution in [0.4, 0.5) is 0 Å². The van der Waals surface area contributed by atoms with Crippen LogP contribution in [0, 0.1) is 6.92 Å². The predicted octanol–water partition coefficient (Wildman–Crippen LogP) is 14.0. The smallest absolute Gasteiger partial charge is 0.0715 e. The van der Waals surface area contributed by atoms with Crippen LogP contribution >= 0.6 is 0 Å². The van der Waals surface area contributed by atoms with E-state index in [2.05, 4.69) is 194 Å². The molecular weight excluding hydrogens is 653 g/mol. The van der Waals surface area contributed by atoms with Gasteiger partial charge in [0.15, 0.2) is 0 Å². The van der Waals surface area contributed by atoms with E-state index in [9.17, 15) is 0 Å². The number of fused-ring (bicyclic) bond motifs is 5. The monoisotopic (exact) mass is 694 g/mol. The number of para-hydroxylation sites is 2. The first kappa shape index (κ1) is 33.3. The number of pyridine rings is 1. The van der Waals surface area contributed by atoms with Gasteiger partial charge >= 0.3 is 0 Å². The van der Waals surface area contributed by atoms with Crippen LogP contribution in [0.15, 0.2) is 194 Å². The van der Waals surface area contributed by atoms with E-state index in [-0.39, 0.29) is 0 Å². The fraction of sp³-hybridized carbons (Fsp3) is 0.0962. The third-order valence-corrected chi connectivity index (χ3v) is 10.8. The lowest BCUT2D eigenvalue weighted by Gasteiger charge is -2.25. The van der Waals surface area contributed by atoms with Crippen LogP contribution in [0.2, 0.25) is 0 Å². The van der Waals surface area contributed by atoms with E-state index in [4.69, 9.17) is 4.98 Å². The van der Waals surface area contributed by atoms with Crippen molar-refractivity contribution < 1.29 is 0 Å². The molecule has 2 aliphatic carbocycles. The van der Waals surface area contributed by atoms with E-state index in [0.717, 1.165) is 40.2 Å². The molecule has 0 fully saturated rings. The summed E-state index contributed by atoms with van der Waals surface area (Å²) < 4.78 is 2.41. The number of aryl methyl sites for hydroxylation is 1. The van der Waals surface area contributed by atoms with Gasteiger partial charge in [-0.1, -0.05) is 164 Å². The lowest BCUT2D eigenvalue weighted by molar-refractivity contribution is 0.750. The summed E-state index contributed by atoms with van der Waals surface area (Å²) in [5.74, 6) is 0.645. The summed E-state index contributed by atoms with van der Waals surface area (Å²) in [4.78, 5) is 5.11. The minimum atomic E-state index is 0.645. The van der Waals surface area contributed by atoms with Crippen molar-refractivity contribution in [1.82, 2.24) is 9.55 Å². The number of rotatable bonds is 4. The van der Waals surface area contributed by atoms with E-state index >= 15 is 0 Å². The second-order valence-corrected chi connectivity index (χ2v) is 14.4. The van der Waals surface area contributed by atoms with Crippen molar-refractivity contribution in [3.63, 3.8) is 0 Å². The summed E-state index contributed by atoms with van der Waals surface area (Å²) in [7, 11) is 0. The van der Waals surface area contributed by atoms with Gasteiger partial charge in [-0.2, -0.15) is 0 Å². The summed E-state index contributed by atoms with van der Waals surface area (Å²) in [6, 6.07) is 58.3. The second-order valence-electron chi connectivity index (χ2n) is 14.4. The molecule has 6 aromatic carbocycles. The zero-order valence-electron chi connectivity index (χ0n) is 30.8. The number of nitrogens with zero attached hydrogens (tertiary/aromatic N) is 2. The van der Waals surface area contributed by atoms with Crippen LogP contribution in [0.1, 0.15) is 42.4 Å². The Morgan fingerprint density at radius 1 is 0.537 bits per heavy atom. The van der Waals surface area contributed by atoms with Crippen molar-refractivity contribution in [2.75, 3.05) is 0 Å². The first-order chi connectivity index (χ1) is 26.6. The van der Waals surface area contributed by atoms with Crippen LogP contribution in [0.5, 0.6) is 0 Å². The van der Waals surface area contributed by atoms with Crippen LogP contribution in [-0.4, -0.2) is 9.55 Å². The molecule has 1 atom stereocenters. The Kier molecular flexibility index (Phi) is 8.94. The molecule has 1 unspecified atom stereocenters. The van der Waals surface area contributed by atoms with Gasteiger partial charge in [-0.25, -0.2) is 4.98 Å². The fourth-order valence-electron chi connectivity index (χ4n) is 8.18. The lowest BCUT2D eigenvalue weighted by Crippen LogP contribution is -2.06. The molecule has 0 saturated heterocycles. The molecule has 260 valence electrons. The zero-order valence-corrected chi connectivity index (χ0v) is 30.8. The van der Waals surface area contributed by atoms with Gasteiger partial charge in [0.1, 0.15) is 0 Å². The van der Waals surface area contributed by atoms with Crippen molar-refractivity contribution in [1.29, 1.82) is 0 Å². The molecule has 2 nitrogen and oxygen atoms in total. The van der Waals surface area contributed by atoms with Gasteiger partial charge in [0.05, 0.1) is 28.1 Å². The maximum atomic E-state index is 5.11. The Labute approximate surface area is 318 Å². The Morgan fingerprint density at radius 2 is 1.11 bits per heavy atom. The summed E-state index contributed by atoms with van der Waals surface area (Å²) in [5, 5.41) is 2.53. The molecule has 0 radical (unpaired) electrons. The fourth-order valence-corrected chi connectivity index (χ4v) is 8.18. The van der Waals surface area contributed by atoms with E-state index < -0.39 is 0 Å². The molecule has 2 aliphatic rings. The van der Waals surface area contributed by atoms with Gasteiger partial charge in [-0.3, -0.25) is 0 Å². The quantitative estimate of drug-likeness (QED) is 0.179. The molecule has 2 aromatic heterocycles. The van der Waals surface area contributed by atoms with Crippen molar-refractivity contribution in [2.24, 2.45) is 0 Å². The average molecular weight is 695 g/mol. The van der Waals surface area contributed by atoms with Crippen LogP contribution in [0.25, 0.3) is 66.7 Å². The van der Waals surface area contributed by atoms with Crippen molar-refractivity contribution in [3.05, 3.63) is 210 Å². The predicted molar refractivity (Wildman–Crippen MR) is 229 cm³/mol. The normalized spacial score (nSPS) is 14.7. The molecule has 0 aliphatic heterocycles. The molecular formula is C52H42N2. The van der Waals surface area contributed by atoms with Gasteiger partial charge in [0.2, 0.25) is 0 Å². The first-order valence-corrected chi connectivity index (χ1v) is 19.0. The third-order valence-electron chi connectivity index (χ3n) is 10.8. The van der Waals surface area contributed by atoms with Crippen molar-refractivity contribution >= 4 is 27.4 Å². The number of aromatic nitrogens is 2. The molecule has 0 bridgehead atoms. The minimum Gasteiger partial charge on any atom is -0.309 e. The van der Waals surface area contributed by atoms with Gasteiger partial charge in [-0.05, 0) is 89.9 Å². The molecule has 0 N–H and O–H groups in total. The summed E-state index contributed by atoms with van der Waals surface area (Å²) in [6.45, 7) is 4.49. The molecule has 0 spiro atoms. The van der Waals surface area contributed by atoms with Crippen molar-refractivity contribution in [3.8, 4) is 39.3 Å². The molecule has 2 heteroatoms. The Bertz CT molecular complexity index is 2610. The Morgan fingerprint density at radius 3 is 1.78 bits per heavy atom. The van der Waals surface area contributed by atoms with Gasteiger partial charge in [-0.15, -0.1) is 0 Å². The van der Waals surface area contributed by atoms with Gasteiger partial charge < -0.3 is 4.57 Å². The maximum absolute atomic E-state index is 5.11. The van der Waals surface area contributed by atoms with E-state index in [0.29, 0.717) is 5.92 Å². The topological polar surface area (TPSA) is 17.8 Å². The number of allylic oxidation sites excluding steroid dienone is 6. The largest absolute Gasteiger partial charge is 0.309 e. The van der Waals surface area contributed by atoms with Gasteiger partial charge in [0, 0.05) is 27.5 Å².